The largest absolute Gasteiger partial charge is 0.497 e. The lowest BCUT2D eigenvalue weighted by atomic mass is 9.91. The molecule has 2 unspecified atom stereocenters. The first-order chi connectivity index (χ1) is 7.72. The Bertz CT molecular complexity index is 311. The third-order valence-electron chi connectivity index (χ3n) is 3.08. The summed E-state index contributed by atoms with van der Waals surface area (Å²) in [4.78, 5) is 0. The maximum absolute atomic E-state index is 5.26. The van der Waals surface area contributed by atoms with Crippen molar-refractivity contribution >= 4 is 0 Å². The monoisotopic (exact) mass is 221 g/mol. The second-order valence-electron chi connectivity index (χ2n) is 4.31. The molecule has 2 atom stereocenters. The minimum absolute atomic E-state index is 0.412. The van der Waals surface area contributed by atoms with Gasteiger partial charge in [0, 0.05) is 6.04 Å². The molecule has 1 N–H and O–H groups in total. The van der Waals surface area contributed by atoms with Gasteiger partial charge in [-0.05, 0) is 37.1 Å². The van der Waals surface area contributed by atoms with Gasteiger partial charge in [0.1, 0.15) is 5.75 Å². The van der Waals surface area contributed by atoms with Crippen molar-refractivity contribution in [2.24, 2.45) is 5.92 Å². The number of rotatable bonds is 6. The summed E-state index contributed by atoms with van der Waals surface area (Å²) in [7, 11) is 3.74. The lowest BCUT2D eigenvalue weighted by Crippen LogP contribution is -2.23. The molecule has 0 bridgehead atoms. The number of nitrogens with one attached hydrogen (secondary N) is 1. The van der Waals surface area contributed by atoms with E-state index in [-0.39, 0.29) is 0 Å². The van der Waals surface area contributed by atoms with Crippen molar-refractivity contribution in [2.45, 2.75) is 32.7 Å². The van der Waals surface area contributed by atoms with Crippen molar-refractivity contribution in [1.29, 1.82) is 0 Å². The predicted molar refractivity (Wildman–Crippen MR) is 68.9 cm³/mol. The SMILES string of the molecule is CCCC(C)C(NC)c1cccc(OC)c1. The summed E-state index contributed by atoms with van der Waals surface area (Å²) in [5.41, 5.74) is 1.31. The van der Waals surface area contributed by atoms with E-state index in [0.717, 1.165) is 5.75 Å². The fraction of sp³-hybridized carbons (Fsp3) is 0.571. The summed E-state index contributed by atoms with van der Waals surface area (Å²) in [6.45, 7) is 4.53. The van der Waals surface area contributed by atoms with E-state index >= 15 is 0 Å². The maximum Gasteiger partial charge on any atom is 0.119 e. The van der Waals surface area contributed by atoms with Crippen LogP contribution >= 0.6 is 0 Å². The lowest BCUT2D eigenvalue weighted by Gasteiger charge is -2.24. The quantitative estimate of drug-likeness (QED) is 0.795. The molecule has 0 amide bonds. The fourth-order valence-electron chi connectivity index (χ4n) is 2.24. The van der Waals surface area contributed by atoms with E-state index in [2.05, 4.69) is 37.4 Å². The van der Waals surface area contributed by atoms with Crippen molar-refractivity contribution in [3.63, 3.8) is 0 Å². The van der Waals surface area contributed by atoms with Crippen molar-refractivity contribution < 1.29 is 4.74 Å². The van der Waals surface area contributed by atoms with Gasteiger partial charge in [-0.2, -0.15) is 0 Å². The van der Waals surface area contributed by atoms with Crippen LogP contribution < -0.4 is 10.1 Å². The second kappa shape index (κ2) is 6.54. The molecule has 0 aromatic heterocycles. The van der Waals surface area contributed by atoms with Crippen molar-refractivity contribution in [2.75, 3.05) is 14.2 Å². The molecule has 16 heavy (non-hydrogen) atoms. The first kappa shape index (κ1) is 13.0. The molecule has 2 heteroatoms. The van der Waals surface area contributed by atoms with E-state index in [1.165, 1.54) is 18.4 Å². The van der Waals surface area contributed by atoms with Gasteiger partial charge in [-0.25, -0.2) is 0 Å². The third kappa shape index (κ3) is 3.24. The van der Waals surface area contributed by atoms with E-state index < -0.39 is 0 Å². The molecule has 0 aliphatic carbocycles. The Balaban J connectivity index is 2.85. The highest BCUT2D eigenvalue weighted by atomic mass is 16.5. The van der Waals surface area contributed by atoms with Crippen LogP contribution in [0.25, 0.3) is 0 Å². The molecular weight excluding hydrogens is 198 g/mol. The molecule has 1 aromatic rings. The lowest BCUT2D eigenvalue weighted by molar-refractivity contribution is 0.379. The van der Waals surface area contributed by atoms with E-state index in [1.54, 1.807) is 7.11 Å². The molecule has 0 heterocycles. The first-order valence-electron chi connectivity index (χ1n) is 6.04. The van der Waals surface area contributed by atoms with Gasteiger partial charge in [0.25, 0.3) is 0 Å². The van der Waals surface area contributed by atoms with Crippen molar-refractivity contribution in [1.82, 2.24) is 5.32 Å². The Morgan fingerprint density at radius 1 is 1.38 bits per heavy atom. The van der Waals surface area contributed by atoms with Crippen LogP contribution in [0.2, 0.25) is 0 Å². The van der Waals surface area contributed by atoms with E-state index in [1.807, 2.05) is 13.1 Å². The van der Waals surface area contributed by atoms with E-state index in [9.17, 15) is 0 Å². The standard InChI is InChI=1S/C14H23NO/c1-5-7-11(2)14(15-3)12-8-6-9-13(10-12)16-4/h6,8-11,14-15H,5,7H2,1-4H3. The third-order valence-corrected chi connectivity index (χ3v) is 3.08. The zero-order chi connectivity index (χ0) is 12.0. The zero-order valence-corrected chi connectivity index (χ0v) is 10.8. The van der Waals surface area contributed by atoms with Crippen LogP contribution in [0.15, 0.2) is 24.3 Å². The minimum atomic E-state index is 0.412. The van der Waals surface area contributed by atoms with E-state index in [0.29, 0.717) is 12.0 Å². The number of methoxy groups -OCH3 is 1. The van der Waals surface area contributed by atoms with Crippen LogP contribution in [0.4, 0.5) is 0 Å². The zero-order valence-electron chi connectivity index (χ0n) is 10.8. The highest BCUT2D eigenvalue weighted by Crippen LogP contribution is 2.27. The maximum atomic E-state index is 5.26. The molecule has 0 aliphatic heterocycles. The first-order valence-corrected chi connectivity index (χ1v) is 6.04. The molecule has 90 valence electrons. The van der Waals surface area contributed by atoms with Gasteiger partial charge in [0.2, 0.25) is 0 Å². The van der Waals surface area contributed by atoms with Crippen LogP contribution in [-0.2, 0) is 0 Å². The normalized spacial score (nSPS) is 14.5. The Hall–Kier alpha value is -1.02. The van der Waals surface area contributed by atoms with Crippen LogP contribution in [0, 0.1) is 5.92 Å². The summed E-state index contributed by atoms with van der Waals surface area (Å²) in [6, 6.07) is 8.73. The van der Waals surface area contributed by atoms with Gasteiger partial charge >= 0.3 is 0 Å². The second-order valence-corrected chi connectivity index (χ2v) is 4.31. The highest BCUT2D eigenvalue weighted by molar-refractivity contribution is 5.30. The van der Waals surface area contributed by atoms with E-state index in [4.69, 9.17) is 4.74 Å². The molecule has 0 spiro atoms. The fourth-order valence-corrected chi connectivity index (χ4v) is 2.24. The summed E-state index contributed by atoms with van der Waals surface area (Å²) < 4.78 is 5.26. The molecule has 0 fully saturated rings. The predicted octanol–water partition coefficient (Wildman–Crippen LogP) is 3.39. The number of ether oxygens (including phenoxy) is 1. The van der Waals surface area contributed by atoms with Crippen LogP contribution in [0.3, 0.4) is 0 Å². The summed E-state index contributed by atoms with van der Waals surface area (Å²) in [5, 5.41) is 3.40. The Labute approximate surface area is 99.0 Å². The van der Waals surface area contributed by atoms with Gasteiger partial charge in [0.15, 0.2) is 0 Å². The number of hydrogen-bond donors (Lipinski definition) is 1. The van der Waals surface area contributed by atoms with Crippen LogP contribution in [0.5, 0.6) is 5.75 Å². The molecule has 0 saturated carbocycles. The Morgan fingerprint density at radius 3 is 2.69 bits per heavy atom. The summed E-state index contributed by atoms with van der Waals surface area (Å²) in [6.07, 6.45) is 2.46. The topological polar surface area (TPSA) is 21.3 Å². The Kier molecular flexibility index (Phi) is 5.33. The number of hydrogen-bond acceptors (Lipinski definition) is 2. The van der Waals surface area contributed by atoms with Gasteiger partial charge in [-0.15, -0.1) is 0 Å². The average Bonchev–Trinajstić information content (AvgIpc) is 2.31. The molecule has 1 aromatic carbocycles. The van der Waals surface area contributed by atoms with Crippen LogP contribution in [-0.4, -0.2) is 14.2 Å². The molecule has 0 saturated heterocycles. The molecular formula is C14H23NO. The molecule has 2 nitrogen and oxygen atoms in total. The van der Waals surface area contributed by atoms with Gasteiger partial charge < -0.3 is 10.1 Å². The van der Waals surface area contributed by atoms with Crippen molar-refractivity contribution in [3.05, 3.63) is 29.8 Å². The smallest absolute Gasteiger partial charge is 0.119 e. The highest BCUT2D eigenvalue weighted by Gasteiger charge is 2.16. The van der Waals surface area contributed by atoms with Gasteiger partial charge in [0.05, 0.1) is 7.11 Å². The number of benzene rings is 1. The Morgan fingerprint density at radius 2 is 2.12 bits per heavy atom. The average molecular weight is 221 g/mol. The van der Waals surface area contributed by atoms with Gasteiger partial charge in [-0.1, -0.05) is 32.4 Å². The van der Waals surface area contributed by atoms with Gasteiger partial charge in [-0.3, -0.25) is 0 Å². The van der Waals surface area contributed by atoms with Crippen LogP contribution in [0.1, 0.15) is 38.3 Å². The molecule has 1 rings (SSSR count). The summed E-state index contributed by atoms with van der Waals surface area (Å²) in [5.74, 6) is 1.57. The molecule has 0 radical (unpaired) electrons. The minimum Gasteiger partial charge on any atom is -0.497 e. The van der Waals surface area contributed by atoms with Crippen molar-refractivity contribution in [3.8, 4) is 5.75 Å². The summed E-state index contributed by atoms with van der Waals surface area (Å²) >= 11 is 0. The molecule has 0 aliphatic rings.